The van der Waals surface area contributed by atoms with Gasteiger partial charge in [-0.25, -0.2) is 9.59 Å². The molecule has 58 heavy (non-hydrogen) atoms. The minimum Gasteiger partial charge on any atom is -0.496 e. The average Bonchev–Trinajstić information content (AvgIpc) is 3.24. The molecule has 0 fully saturated rings. The molecular formula is C48H64N2O8. The lowest BCUT2D eigenvalue weighted by molar-refractivity contribution is -0.185. The molecule has 2 unspecified atom stereocenters. The summed E-state index contributed by atoms with van der Waals surface area (Å²) >= 11 is 0. The van der Waals surface area contributed by atoms with Crippen molar-refractivity contribution in [3.63, 3.8) is 0 Å². The van der Waals surface area contributed by atoms with Gasteiger partial charge >= 0.3 is 11.9 Å². The minimum absolute atomic E-state index is 0.310. The Labute approximate surface area is 346 Å². The van der Waals surface area contributed by atoms with Crippen molar-refractivity contribution in [2.75, 3.05) is 53.6 Å². The zero-order valence-electron chi connectivity index (χ0n) is 35.5. The molecule has 10 nitrogen and oxygen atoms in total. The van der Waals surface area contributed by atoms with Gasteiger partial charge in [-0.1, -0.05) is 100 Å². The third-order valence-corrected chi connectivity index (χ3v) is 9.82. The standard InChI is InChI=1S/C48H64N2O8/c1-7-27-49(28-8-2)45(33-39-21-23-41(35-43(39)53-5)55-31-25-37-17-13-11-14-18-37)57-47(51)48(52)58-46(50(29-9-3)30-10-4)34-40-22-24-42(36-44(40)54-6)56-32-26-38-19-15-12-16-20-38/h11-24,35-36,45-46H,7-10,25-34H2,1-6H3. The van der Waals surface area contributed by atoms with Crippen LogP contribution in [-0.4, -0.2) is 87.8 Å². The zero-order chi connectivity index (χ0) is 41.5. The van der Waals surface area contributed by atoms with Crippen LogP contribution in [0.5, 0.6) is 23.0 Å². The maximum absolute atomic E-state index is 13.8. The SMILES string of the molecule is CCCN(CCC)C(Cc1ccc(OCCc2ccccc2)cc1OC)OC(=O)C(=O)OC(Cc1ccc(OCCc2ccccc2)cc1OC)N(CCC)CCC. The third kappa shape index (κ3) is 14.7. The second-order valence-electron chi connectivity index (χ2n) is 14.3. The molecule has 0 aromatic heterocycles. The van der Waals surface area contributed by atoms with Gasteiger partial charge in [0.25, 0.3) is 0 Å². The second-order valence-corrected chi connectivity index (χ2v) is 14.3. The van der Waals surface area contributed by atoms with Crippen LogP contribution >= 0.6 is 0 Å². The lowest BCUT2D eigenvalue weighted by Gasteiger charge is -2.32. The zero-order valence-corrected chi connectivity index (χ0v) is 35.5. The van der Waals surface area contributed by atoms with E-state index in [1.807, 2.05) is 72.8 Å². The first-order valence-electron chi connectivity index (χ1n) is 20.9. The van der Waals surface area contributed by atoms with E-state index in [1.165, 1.54) is 11.1 Å². The Morgan fingerprint density at radius 2 is 0.879 bits per heavy atom. The highest BCUT2D eigenvalue weighted by molar-refractivity contribution is 6.29. The summed E-state index contributed by atoms with van der Waals surface area (Å²) in [5.74, 6) is 0.534. The van der Waals surface area contributed by atoms with Gasteiger partial charge < -0.3 is 28.4 Å². The first kappa shape index (κ1) is 45.6. The number of carbonyl (C=O) groups excluding carboxylic acids is 2. The quantitative estimate of drug-likeness (QED) is 0.0349. The van der Waals surface area contributed by atoms with Crippen LogP contribution in [0.15, 0.2) is 97.1 Å². The molecule has 4 rings (SSSR count). The van der Waals surface area contributed by atoms with Gasteiger partial charge in [0.05, 0.1) is 27.4 Å². The molecule has 4 aromatic rings. The molecule has 0 saturated heterocycles. The topological polar surface area (TPSA) is 96.0 Å². The van der Waals surface area contributed by atoms with E-state index < -0.39 is 24.4 Å². The van der Waals surface area contributed by atoms with Crippen molar-refractivity contribution in [3.05, 3.63) is 119 Å². The molecule has 0 radical (unpaired) electrons. The van der Waals surface area contributed by atoms with Crippen LogP contribution in [0, 0.1) is 0 Å². The van der Waals surface area contributed by atoms with Crippen LogP contribution < -0.4 is 18.9 Å². The number of esters is 2. The summed E-state index contributed by atoms with van der Waals surface area (Å²) in [6.07, 6.45) is 4.09. The van der Waals surface area contributed by atoms with Gasteiger partial charge in [0.2, 0.25) is 0 Å². The van der Waals surface area contributed by atoms with E-state index in [2.05, 4.69) is 61.8 Å². The van der Waals surface area contributed by atoms with Crippen LogP contribution in [0.1, 0.15) is 75.6 Å². The van der Waals surface area contributed by atoms with Gasteiger partial charge in [-0.3, -0.25) is 9.80 Å². The fraction of sp³-hybridized carbons (Fsp3) is 0.458. The lowest BCUT2D eigenvalue weighted by atomic mass is 10.1. The largest absolute Gasteiger partial charge is 0.496 e. The van der Waals surface area contributed by atoms with Gasteiger partial charge in [0, 0.05) is 64.0 Å². The molecule has 0 aliphatic rings. The van der Waals surface area contributed by atoms with E-state index in [1.54, 1.807) is 14.2 Å². The Hall–Kier alpha value is -5.06. The number of ether oxygens (including phenoxy) is 6. The molecule has 4 aromatic carbocycles. The molecule has 2 atom stereocenters. The lowest BCUT2D eigenvalue weighted by Crippen LogP contribution is -2.45. The molecule has 0 saturated carbocycles. The Morgan fingerprint density at radius 1 is 0.517 bits per heavy atom. The molecule has 0 bridgehead atoms. The summed E-state index contributed by atoms with van der Waals surface area (Å²) in [6, 6.07) is 31.8. The van der Waals surface area contributed by atoms with Gasteiger partial charge in [-0.2, -0.15) is 0 Å². The van der Waals surface area contributed by atoms with Crippen LogP contribution in [0.25, 0.3) is 0 Å². The molecule has 0 aliphatic heterocycles. The molecule has 0 N–H and O–H groups in total. The molecule has 0 aliphatic carbocycles. The number of hydrogen-bond donors (Lipinski definition) is 0. The fourth-order valence-corrected chi connectivity index (χ4v) is 6.99. The van der Waals surface area contributed by atoms with E-state index in [4.69, 9.17) is 28.4 Å². The van der Waals surface area contributed by atoms with Crippen molar-refractivity contribution in [2.45, 2.75) is 91.5 Å². The predicted octanol–water partition coefficient (Wildman–Crippen LogP) is 8.71. The molecular weight excluding hydrogens is 733 g/mol. The fourth-order valence-electron chi connectivity index (χ4n) is 6.99. The van der Waals surface area contributed by atoms with Crippen molar-refractivity contribution in [3.8, 4) is 23.0 Å². The summed E-state index contributed by atoms with van der Waals surface area (Å²) < 4.78 is 35.9. The summed E-state index contributed by atoms with van der Waals surface area (Å²) in [7, 11) is 3.22. The Morgan fingerprint density at radius 3 is 1.21 bits per heavy atom. The number of carbonyl (C=O) groups is 2. The Kier molecular flexibility index (Phi) is 19.9. The molecule has 10 heteroatoms. The van der Waals surface area contributed by atoms with Gasteiger partial charge in [-0.15, -0.1) is 0 Å². The number of rotatable bonds is 26. The number of hydrogen-bond acceptors (Lipinski definition) is 10. The van der Waals surface area contributed by atoms with E-state index in [9.17, 15) is 9.59 Å². The highest BCUT2D eigenvalue weighted by atomic mass is 16.6. The second kappa shape index (κ2) is 25.3. The number of methoxy groups -OCH3 is 2. The van der Waals surface area contributed by atoms with Crippen molar-refractivity contribution in [1.82, 2.24) is 9.80 Å². The average molecular weight is 797 g/mol. The highest BCUT2D eigenvalue weighted by Crippen LogP contribution is 2.29. The van der Waals surface area contributed by atoms with Gasteiger partial charge in [-0.05, 0) is 60.1 Å². The van der Waals surface area contributed by atoms with Crippen molar-refractivity contribution in [1.29, 1.82) is 0 Å². The molecule has 0 amide bonds. The summed E-state index contributed by atoms with van der Waals surface area (Å²) in [5, 5.41) is 0. The van der Waals surface area contributed by atoms with Crippen molar-refractivity contribution in [2.24, 2.45) is 0 Å². The van der Waals surface area contributed by atoms with Crippen LogP contribution in [0.3, 0.4) is 0 Å². The van der Waals surface area contributed by atoms with E-state index >= 15 is 0 Å². The van der Waals surface area contributed by atoms with Crippen molar-refractivity contribution >= 4 is 11.9 Å². The maximum Gasteiger partial charge on any atom is 0.419 e. The normalized spacial score (nSPS) is 12.2. The van der Waals surface area contributed by atoms with E-state index in [0.717, 1.165) is 49.7 Å². The van der Waals surface area contributed by atoms with Gasteiger partial charge in [0.15, 0.2) is 12.5 Å². The maximum atomic E-state index is 13.8. The number of nitrogens with zero attached hydrogens (tertiary/aromatic N) is 2. The molecule has 314 valence electrons. The minimum atomic E-state index is -1.03. The predicted molar refractivity (Wildman–Crippen MR) is 229 cm³/mol. The first-order valence-corrected chi connectivity index (χ1v) is 20.9. The van der Waals surface area contributed by atoms with Gasteiger partial charge in [0.1, 0.15) is 23.0 Å². The summed E-state index contributed by atoms with van der Waals surface area (Å²) in [4.78, 5) is 31.7. The molecule has 0 heterocycles. The van der Waals surface area contributed by atoms with Crippen LogP contribution in [-0.2, 0) is 44.7 Å². The Bertz CT molecular complexity index is 1640. The number of benzene rings is 4. The van der Waals surface area contributed by atoms with Crippen LogP contribution in [0.2, 0.25) is 0 Å². The van der Waals surface area contributed by atoms with Crippen LogP contribution in [0.4, 0.5) is 0 Å². The van der Waals surface area contributed by atoms with E-state index in [0.29, 0.717) is 75.2 Å². The third-order valence-electron chi connectivity index (χ3n) is 9.82. The monoisotopic (exact) mass is 796 g/mol. The van der Waals surface area contributed by atoms with E-state index in [-0.39, 0.29) is 0 Å². The Balaban J connectivity index is 1.49. The summed E-state index contributed by atoms with van der Waals surface area (Å²) in [5.41, 5.74) is 4.06. The summed E-state index contributed by atoms with van der Waals surface area (Å²) in [6.45, 7) is 12.1. The smallest absolute Gasteiger partial charge is 0.419 e. The molecule has 0 spiro atoms. The van der Waals surface area contributed by atoms with Crippen molar-refractivity contribution < 1.29 is 38.0 Å². The highest BCUT2D eigenvalue weighted by Gasteiger charge is 2.32. The first-order chi connectivity index (χ1) is 28.3.